The molecule has 6 bridgehead atoms. The number of nitrogens with one attached hydrogen (secondary N) is 1. The minimum atomic E-state index is -0.918. The number of rotatable bonds is 8. The standard InChI is InChI=1S/C34H45N5O4/c1-20(40)27-18-37(19-28(27)33(42)43)10-9-35-31-32(41)38(30-8-3-2-7-29(30)36-31)26-14-24-5-4-6-25(15-26)39(24)34-16-21-11-22(17-34)13-23(34)12-21/h2-3,7-8,21-28H,4-6,9-19H2,1H3,(H,35,36)(H,42,43)/t21?,22?,23?,24-,25+,26+,27-,28+,34?/m0/s1. The minimum absolute atomic E-state index is 0.0549. The van der Waals surface area contributed by atoms with Crippen LogP contribution in [-0.4, -0.2) is 80.0 Å². The molecule has 1 aromatic carbocycles. The fraction of sp³-hybridized carbons (Fsp3) is 0.706. The number of carboxylic acid groups (broad SMARTS) is 1. The number of aromatic nitrogens is 2. The first kappa shape index (κ1) is 27.7. The van der Waals surface area contributed by atoms with Gasteiger partial charge in [-0.25, -0.2) is 4.98 Å². The molecular weight excluding hydrogens is 542 g/mol. The van der Waals surface area contributed by atoms with Crippen LogP contribution in [0.1, 0.15) is 77.2 Å². The number of likely N-dealkylation sites (tertiary alicyclic amines) is 1. The largest absolute Gasteiger partial charge is 0.481 e. The summed E-state index contributed by atoms with van der Waals surface area (Å²) in [5, 5.41) is 12.9. The highest BCUT2D eigenvalue weighted by molar-refractivity contribution is 5.85. The van der Waals surface area contributed by atoms with E-state index in [0.29, 0.717) is 49.6 Å². The van der Waals surface area contributed by atoms with E-state index in [0.717, 1.165) is 41.6 Å². The van der Waals surface area contributed by atoms with Crippen molar-refractivity contribution in [2.45, 2.75) is 94.8 Å². The van der Waals surface area contributed by atoms with Crippen molar-refractivity contribution in [1.29, 1.82) is 0 Å². The van der Waals surface area contributed by atoms with Crippen LogP contribution in [0.5, 0.6) is 0 Å². The number of ketones is 1. The van der Waals surface area contributed by atoms with Gasteiger partial charge in [0.25, 0.3) is 5.56 Å². The Labute approximate surface area is 253 Å². The Hall–Kier alpha value is -2.78. The van der Waals surface area contributed by atoms with Gasteiger partial charge in [0.15, 0.2) is 5.82 Å². The van der Waals surface area contributed by atoms with Crippen LogP contribution in [0.2, 0.25) is 0 Å². The molecule has 3 aliphatic heterocycles. The summed E-state index contributed by atoms with van der Waals surface area (Å²) in [5.41, 5.74) is 2.12. The molecule has 9 nitrogen and oxygen atoms in total. The quantitative estimate of drug-likeness (QED) is 0.474. The number of carbonyl (C=O) groups excluding carboxylic acids is 1. The number of anilines is 1. The smallest absolute Gasteiger partial charge is 0.308 e. The Morgan fingerprint density at radius 3 is 2.35 bits per heavy atom. The molecule has 2 aromatic rings. The van der Waals surface area contributed by atoms with E-state index in [9.17, 15) is 19.5 Å². The van der Waals surface area contributed by atoms with E-state index in [2.05, 4.69) is 14.8 Å². The third-order valence-corrected chi connectivity index (χ3v) is 12.5. The molecule has 7 fully saturated rings. The van der Waals surface area contributed by atoms with E-state index in [1.54, 1.807) is 0 Å². The van der Waals surface area contributed by atoms with Gasteiger partial charge in [0.2, 0.25) is 0 Å². The molecule has 4 aliphatic carbocycles. The number of piperidine rings is 2. The number of hydrogen-bond donors (Lipinski definition) is 2. The number of aliphatic carboxylic acids is 1. The second-order valence-electron chi connectivity index (χ2n) is 14.9. The third kappa shape index (κ3) is 4.47. The van der Waals surface area contributed by atoms with E-state index in [-0.39, 0.29) is 17.4 Å². The first-order valence-corrected chi connectivity index (χ1v) is 16.8. The summed E-state index contributed by atoms with van der Waals surface area (Å²) in [6, 6.07) is 9.29. The van der Waals surface area contributed by atoms with Crippen molar-refractivity contribution < 1.29 is 14.7 Å². The molecule has 4 heterocycles. The summed E-state index contributed by atoms with van der Waals surface area (Å²) in [6.07, 6.45) is 13.0. The summed E-state index contributed by atoms with van der Waals surface area (Å²) < 4.78 is 2.06. The molecule has 0 amide bonds. The summed E-state index contributed by atoms with van der Waals surface area (Å²) in [5.74, 6) is 1.00. The third-order valence-electron chi connectivity index (χ3n) is 12.5. The summed E-state index contributed by atoms with van der Waals surface area (Å²) in [6.45, 7) is 3.28. The fourth-order valence-corrected chi connectivity index (χ4v) is 11.2. The topological polar surface area (TPSA) is 108 Å². The van der Waals surface area contributed by atoms with Crippen molar-refractivity contribution in [3.63, 3.8) is 0 Å². The maximum atomic E-state index is 14.2. The number of Topliss-reactive ketones (excluding diaryl/α,β-unsaturated/α-hetero) is 1. The fourth-order valence-electron chi connectivity index (χ4n) is 11.2. The lowest BCUT2D eigenvalue weighted by molar-refractivity contribution is -0.144. The number of fused-ring (bicyclic) bond motifs is 3. The van der Waals surface area contributed by atoms with Crippen molar-refractivity contribution in [3.8, 4) is 0 Å². The van der Waals surface area contributed by atoms with Crippen LogP contribution in [0, 0.1) is 29.6 Å². The van der Waals surface area contributed by atoms with Gasteiger partial charge < -0.3 is 15.0 Å². The molecule has 4 saturated carbocycles. The number of nitrogens with zero attached hydrogens (tertiary/aromatic N) is 4. The molecule has 9 heteroatoms. The number of carbonyl (C=O) groups is 2. The first-order valence-electron chi connectivity index (χ1n) is 16.8. The molecule has 2 N–H and O–H groups in total. The van der Waals surface area contributed by atoms with Gasteiger partial charge in [-0.3, -0.25) is 24.2 Å². The second kappa shape index (κ2) is 10.4. The predicted molar refractivity (Wildman–Crippen MR) is 164 cm³/mol. The van der Waals surface area contributed by atoms with E-state index >= 15 is 0 Å². The van der Waals surface area contributed by atoms with Crippen molar-refractivity contribution >= 4 is 28.6 Å². The zero-order valence-electron chi connectivity index (χ0n) is 25.3. The lowest BCUT2D eigenvalue weighted by Gasteiger charge is -2.58. The molecule has 0 spiro atoms. The number of carboxylic acids is 1. The van der Waals surface area contributed by atoms with E-state index in [1.165, 1.54) is 58.3 Å². The zero-order chi connectivity index (χ0) is 29.5. The van der Waals surface area contributed by atoms with Gasteiger partial charge in [-0.1, -0.05) is 18.6 Å². The van der Waals surface area contributed by atoms with Crippen LogP contribution in [0.4, 0.5) is 5.82 Å². The zero-order valence-corrected chi connectivity index (χ0v) is 25.3. The van der Waals surface area contributed by atoms with Crippen LogP contribution in [0.15, 0.2) is 29.1 Å². The highest BCUT2D eigenvalue weighted by Crippen LogP contribution is 2.65. The van der Waals surface area contributed by atoms with Crippen molar-refractivity contribution in [2.75, 3.05) is 31.5 Å². The first-order chi connectivity index (χ1) is 20.8. The van der Waals surface area contributed by atoms with Crippen molar-refractivity contribution in [2.24, 2.45) is 29.6 Å². The SMILES string of the molecule is CC(=O)[C@@H]1CN(CCNc2nc3ccccc3n([C@H]3C[C@H]4CCC[C@@H](C3)N4C34CC5CC(CC3C5)C4)c2=O)C[C@H]1C(=O)O. The second-order valence-corrected chi connectivity index (χ2v) is 14.9. The maximum Gasteiger partial charge on any atom is 0.308 e. The van der Waals surface area contributed by atoms with Gasteiger partial charge in [-0.2, -0.15) is 0 Å². The van der Waals surface area contributed by atoms with Gasteiger partial charge in [-0.15, -0.1) is 0 Å². The predicted octanol–water partition coefficient (Wildman–Crippen LogP) is 4.17. The van der Waals surface area contributed by atoms with Gasteiger partial charge in [-0.05, 0) is 94.6 Å². The normalized spacial score (nSPS) is 38.6. The molecule has 43 heavy (non-hydrogen) atoms. The molecule has 1 aromatic heterocycles. The monoisotopic (exact) mass is 587 g/mol. The van der Waals surface area contributed by atoms with Gasteiger partial charge in [0.05, 0.1) is 17.0 Å². The van der Waals surface area contributed by atoms with Crippen LogP contribution in [-0.2, 0) is 9.59 Å². The van der Waals surface area contributed by atoms with Crippen molar-refractivity contribution in [1.82, 2.24) is 19.4 Å². The van der Waals surface area contributed by atoms with E-state index < -0.39 is 17.8 Å². The van der Waals surface area contributed by atoms with Crippen LogP contribution < -0.4 is 10.9 Å². The average Bonchev–Trinajstić information content (AvgIpc) is 3.59. The highest BCUT2D eigenvalue weighted by atomic mass is 16.4. The molecule has 2 unspecified atom stereocenters. The maximum absolute atomic E-state index is 14.2. The lowest BCUT2D eigenvalue weighted by atomic mass is 9.73. The Bertz CT molecular complexity index is 1460. The van der Waals surface area contributed by atoms with Crippen LogP contribution >= 0.6 is 0 Å². The molecular formula is C34H45N5O4. The van der Waals surface area contributed by atoms with Crippen LogP contribution in [0.25, 0.3) is 11.0 Å². The van der Waals surface area contributed by atoms with Crippen molar-refractivity contribution in [3.05, 3.63) is 34.6 Å². The molecule has 3 saturated heterocycles. The van der Waals surface area contributed by atoms with Gasteiger partial charge in [0, 0.05) is 55.8 Å². The Balaban J connectivity index is 1.04. The summed E-state index contributed by atoms with van der Waals surface area (Å²) in [7, 11) is 0. The summed E-state index contributed by atoms with van der Waals surface area (Å²) >= 11 is 0. The Morgan fingerprint density at radius 1 is 0.977 bits per heavy atom. The summed E-state index contributed by atoms with van der Waals surface area (Å²) in [4.78, 5) is 47.7. The van der Waals surface area contributed by atoms with Gasteiger partial charge in [0.1, 0.15) is 5.78 Å². The number of benzene rings is 1. The number of para-hydroxylation sites is 2. The van der Waals surface area contributed by atoms with Crippen LogP contribution in [0.3, 0.4) is 0 Å². The van der Waals surface area contributed by atoms with E-state index in [1.807, 2.05) is 29.2 Å². The molecule has 0 radical (unpaired) electrons. The average molecular weight is 588 g/mol. The molecule has 7 aliphatic rings. The minimum Gasteiger partial charge on any atom is -0.481 e. The Kier molecular flexibility index (Phi) is 6.71. The molecule has 7 atom stereocenters. The molecule has 230 valence electrons. The van der Waals surface area contributed by atoms with Gasteiger partial charge >= 0.3 is 5.97 Å². The van der Waals surface area contributed by atoms with E-state index in [4.69, 9.17) is 4.98 Å². The molecule has 9 rings (SSSR count). The lowest BCUT2D eigenvalue weighted by Crippen LogP contribution is -2.63. The number of hydrogen-bond acceptors (Lipinski definition) is 7. The highest BCUT2D eigenvalue weighted by Gasteiger charge is 2.63. The Morgan fingerprint density at radius 2 is 1.67 bits per heavy atom.